The van der Waals surface area contributed by atoms with E-state index in [-0.39, 0.29) is 12.6 Å². The third kappa shape index (κ3) is 2.54. The van der Waals surface area contributed by atoms with Crippen molar-refractivity contribution in [2.45, 2.75) is 38.6 Å². The van der Waals surface area contributed by atoms with Crippen LogP contribution >= 0.6 is 0 Å². The molecule has 120 valence electrons. The van der Waals surface area contributed by atoms with Crippen LogP contribution in [-0.4, -0.2) is 47.8 Å². The predicted octanol–water partition coefficient (Wildman–Crippen LogP) is 2.45. The highest BCUT2D eigenvalue weighted by atomic mass is 16.3. The molecule has 5 heteroatoms. The van der Waals surface area contributed by atoms with E-state index in [4.69, 9.17) is 0 Å². The Morgan fingerprint density at radius 3 is 2.95 bits per heavy atom. The van der Waals surface area contributed by atoms with Crippen molar-refractivity contribution >= 4 is 17.4 Å². The lowest BCUT2D eigenvalue weighted by Crippen LogP contribution is -2.49. The quantitative estimate of drug-likeness (QED) is 0.902. The minimum Gasteiger partial charge on any atom is -0.394 e. The third-order valence-electron chi connectivity index (χ3n) is 5.04. The molecular weight excluding hydrogens is 278 g/mol. The first-order valence-corrected chi connectivity index (χ1v) is 8.15. The highest BCUT2D eigenvalue weighted by molar-refractivity contribution is 5.91. The Balaban J connectivity index is 1.75. The fraction of sp³-hybridized carbons (Fsp3) is 0.588. The highest BCUT2D eigenvalue weighted by Crippen LogP contribution is 2.32. The van der Waals surface area contributed by atoms with Crippen molar-refractivity contribution in [3.8, 4) is 0 Å². The van der Waals surface area contributed by atoms with Crippen molar-refractivity contribution in [1.82, 2.24) is 4.90 Å². The van der Waals surface area contributed by atoms with Crippen LogP contribution in [0.5, 0.6) is 0 Å². The maximum absolute atomic E-state index is 12.5. The molecule has 2 aliphatic rings. The van der Waals surface area contributed by atoms with E-state index in [0.29, 0.717) is 6.54 Å². The summed E-state index contributed by atoms with van der Waals surface area (Å²) in [5.74, 6) is 0. The lowest BCUT2D eigenvalue weighted by molar-refractivity contribution is 0.104. The molecule has 2 heterocycles. The lowest BCUT2D eigenvalue weighted by Gasteiger charge is -2.33. The second kappa shape index (κ2) is 5.80. The summed E-state index contributed by atoms with van der Waals surface area (Å²) in [6, 6.07) is 6.03. The van der Waals surface area contributed by atoms with Crippen molar-refractivity contribution in [2.75, 3.05) is 36.5 Å². The van der Waals surface area contributed by atoms with E-state index in [9.17, 15) is 9.90 Å². The molecule has 5 nitrogen and oxygen atoms in total. The molecule has 2 aliphatic heterocycles. The number of amides is 2. The van der Waals surface area contributed by atoms with E-state index in [2.05, 4.69) is 29.3 Å². The summed E-state index contributed by atoms with van der Waals surface area (Å²) in [4.78, 5) is 16.6. The topological polar surface area (TPSA) is 55.8 Å². The fourth-order valence-corrected chi connectivity index (χ4v) is 3.58. The maximum atomic E-state index is 12.5. The van der Waals surface area contributed by atoms with Crippen molar-refractivity contribution < 1.29 is 9.90 Å². The zero-order valence-corrected chi connectivity index (χ0v) is 13.4. The van der Waals surface area contributed by atoms with Crippen LogP contribution in [0.2, 0.25) is 0 Å². The zero-order valence-electron chi connectivity index (χ0n) is 13.4. The number of carbonyl (C=O) groups excluding carboxylic acids is 1. The molecule has 0 aromatic heterocycles. The van der Waals surface area contributed by atoms with Gasteiger partial charge in [-0.1, -0.05) is 6.07 Å². The molecule has 2 N–H and O–H groups in total. The van der Waals surface area contributed by atoms with E-state index in [1.54, 1.807) is 4.90 Å². The van der Waals surface area contributed by atoms with Crippen LogP contribution in [-0.2, 0) is 6.42 Å². The Morgan fingerprint density at radius 1 is 1.41 bits per heavy atom. The van der Waals surface area contributed by atoms with Gasteiger partial charge in [-0.2, -0.15) is 0 Å². The van der Waals surface area contributed by atoms with Gasteiger partial charge in [-0.15, -0.1) is 0 Å². The van der Waals surface area contributed by atoms with Crippen LogP contribution in [0.15, 0.2) is 18.2 Å². The molecule has 22 heavy (non-hydrogen) atoms. The number of nitrogens with zero attached hydrogens (tertiary/aromatic N) is 2. The largest absolute Gasteiger partial charge is 0.394 e. The number of carbonyl (C=O) groups is 1. The molecule has 0 bridgehead atoms. The minimum atomic E-state index is -0.434. The number of nitrogens with one attached hydrogen (secondary N) is 1. The van der Waals surface area contributed by atoms with E-state index in [1.807, 2.05) is 13.0 Å². The molecule has 1 saturated heterocycles. The Morgan fingerprint density at radius 2 is 2.23 bits per heavy atom. The van der Waals surface area contributed by atoms with Gasteiger partial charge in [0, 0.05) is 31.0 Å². The third-order valence-corrected chi connectivity index (χ3v) is 5.04. The molecule has 1 atom stereocenters. The van der Waals surface area contributed by atoms with Gasteiger partial charge in [-0.25, -0.2) is 4.79 Å². The maximum Gasteiger partial charge on any atom is 0.322 e. The normalized spacial score (nSPS) is 23.8. The van der Waals surface area contributed by atoms with Gasteiger partial charge in [0.1, 0.15) is 0 Å². The van der Waals surface area contributed by atoms with Crippen LogP contribution in [0.3, 0.4) is 0 Å². The summed E-state index contributed by atoms with van der Waals surface area (Å²) >= 11 is 0. The number of anilines is 2. The first kappa shape index (κ1) is 15.2. The van der Waals surface area contributed by atoms with Crippen LogP contribution in [0.4, 0.5) is 16.2 Å². The molecule has 1 aromatic rings. The standard InChI is InChI=1S/C17H25N3O2/c1-3-19-10-7-13-5-6-14(11-15(13)19)18-16(22)20-9-4-8-17(20,2)12-21/h5-6,11,21H,3-4,7-10,12H2,1-2H3,(H,18,22)/t17-/m1/s1. The Hall–Kier alpha value is -1.75. The molecule has 1 aromatic carbocycles. The van der Waals surface area contributed by atoms with Gasteiger partial charge >= 0.3 is 6.03 Å². The number of benzene rings is 1. The first-order chi connectivity index (χ1) is 10.6. The number of aliphatic hydroxyl groups excluding tert-OH is 1. The van der Waals surface area contributed by atoms with E-state index < -0.39 is 5.54 Å². The zero-order chi connectivity index (χ0) is 15.7. The number of urea groups is 1. The molecule has 0 spiro atoms. The van der Waals surface area contributed by atoms with Crippen molar-refractivity contribution in [2.24, 2.45) is 0 Å². The smallest absolute Gasteiger partial charge is 0.322 e. The van der Waals surface area contributed by atoms with Crippen molar-refractivity contribution in [3.63, 3.8) is 0 Å². The van der Waals surface area contributed by atoms with Gasteiger partial charge in [-0.3, -0.25) is 0 Å². The number of hydrogen-bond donors (Lipinski definition) is 2. The summed E-state index contributed by atoms with van der Waals surface area (Å²) in [6.07, 6.45) is 2.87. The number of aliphatic hydroxyl groups is 1. The monoisotopic (exact) mass is 303 g/mol. The van der Waals surface area contributed by atoms with Crippen LogP contribution in [0.25, 0.3) is 0 Å². The molecule has 0 saturated carbocycles. The number of hydrogen-bond acceptors (Lipinski definition) is 3. The average molecular weight is 303 g/mol. The number of rotatable bonds is 3. The van der Waals surface area contributed by atoms with Gasteiger partial charge in [0.05, 0.1) is 12.1 Å². The molecule has 1 fully saturated rings. The van der Waals surface area contributed by atoms with Gasteiger partial charge in [0.25, 0.3) is 0 Å². The van der Waals surface area contributed by atoms with Gasteiger partial charge in [-0.05, 0) is 50.8 Å². The molecule has 2 amide bonds. The SMILES string of the molecule is CCN1CCc2ccc(NC(=O)N3CCC[C@]3(C)CO)cc21. The molecule has 0 unspecified atom stereocenters. The Bertz CT molecular complexity index is 575. The summed E-state index contributed by atoms with van der Waals surface area (Å²) < 4.78 is 0. The van der Waals surface area contributed by atoms with Crippen molar-refractivity contribution in [3.05, 3.63) is 23.8 Å². The van der Waals surface area contributed by atoms with Gasteiger partial charge in [0.2, 0.25) is 0 Å². The number of fused-ring (bicyclic) bond motifs is 1. The molecular formula is C17H25N3O2. The predicted molar refractivity (Wildman–Crippen MR) is 88.5 cm³/mol. The summed E-state index contributed by atoms with van der Waals surface area (Å²) in [5.41, 5.74) is 2.97. The van der Waals surface area contributed by atoms with Gasteiger partial charge < -0.3 is 20.2 Å². The Kier molecular flexibility index (Phi) is 4.00. The molecule has 0 aliphatic carbocycles. The lowest BCUT2D eigenvalue weighted by atomic mass is 10.0. The highest BCUT2D eigenvalue weighted by Gasteiger charge is 2.39. The summed E-state index contributed by atoms with van der Waals surface area (Å²) in [6.45, 7) is 6.85. The number of likely N-dealkylation sites (N-methyl/N-ethyl adjacent to an activating group) is 1. The van der Waals surface area contributed by atoms with Crippen LogP contribution in [0, 0.1) is 0 Å². The second-order valence-corrected chi connectivity index (χ2v) is 6.51. The second-order valence-electron chi connectivity index (χ2n) is 6.51. The molecule has 0 radical (unpaired) electrons. The van der Waals surface area contributed by atoms with E-state index in [1.165, 1.54) is 11.3 Å². The average Bonchev–Trinajstić information content (AvgIpc) is 3.10. The van der Waals surface area contributed by atoms with E-state index in [0.717, 1.165) is 38.0 Å². The van der Waals surface area contributed by atoms with Crippen LogP contribution < -0.4 is 10.2 Å². The fourth-order valence-electron chi connectivity index (χ4n) is 3.58. The summed E-state index contributed by atoms with van der Waals surface area (Å²) in [7, 11) is 0. The minimum absolute atomic E-state index is 0.00816. The van der Waals surface area contributed by atoms with Gasteiger partial charge in [0.15, 0.2) is 0 Å². The van der Waals surface area contributed by atoms with E-state index >= 15 is 0 Å². The number of likely N-dealkylation sites (tertiary alicyclic amines) is 1. The Labute approximate surface area is 131 Å². The molecule has 3 rings (SSSR count). The van der Waals surface area contributed by atoms with Crippen LogP contribution in [0.1, 0.15) is 32.3 Å². The summed E-state index contributed by atoms with van der Waals surface area (Å²) in [5, 5.41) is 12.6. The first-order valence-electron chi connectivity index (χ1n) is 8.15. The van der Waals surface area contributed by atoms with Crippen molar-refractivity contribution in [1.29, 1.82) is 0 Å².